The molecule has 12 heteroatoms. The van der Waals surface area contributed by atoms with E-state index in [1.165, 1.54) is 27.0 Å². The second-order valence-electron chi connectivity index (χ2n) is 8.49. The van der Waals surface area contributed by atoms with Crippen molar-refractivity contribution in [1.29, 1.82) is 0 Å². The summed E-state index contributed by atoms with van der Waals surface area (Å²) in [5.74, 6) is -3.25. The number of hydrogen-bond donors (Lipinski definition) is 1. The van der Waals surface area contributed by atoms with Crippen molar-refractivity contribution in [2.45, 2.75) is 58.3 Å². The summed E-state index contributed by atoms with van der Waals surface area (Å²) in [5, 5.41) is 3.89. The molecular formula is C26H29NO11. The van der Waals surface area contributed by atoms with Crippen molar-refractivity contribution in [3.05, 3.63) is 42.0 Å². The van der Waals surface area contributed by atoms with E-state index in [0.29, 0.717) is 5.39 Å². The molecule has 1 aliphatic heterocycles. The van der Waals surface area contributed by atoms with Crippen LogP contribution < -0.4 is 10.1 Å². The molecule has 1 aliphatic rings. The lowest BCUT2D eigenvalue weighted by Crippen LogP contribution is -2.67. The lowest BCUT2D eigenvalue weighted by Gasteiger charge is -2.45. The van der Waals surface area contributed by atoms with Crippen molar-refractivity contribution < 1.29 is 52.4 Å². The zero-order valence-corrected chi connectivity index (χ0v) is 21.5. The first-order valence-electron chi connectivity index (χ1n) is 11.7. The van der Waals surface area contributed by atoms with Gasteiger partial charge in [-0.05, 0) is 11.5 Å². The molecule has 2 aromatic rings. The summed E-state index contributed by atoms with van der Waals surface area (Å²) in [6, 6.07) is 9.08. The highest BCUT2D eigenvalue weighted by molar-refractivity contribution is 6.01. The molecule has 0 aromatic heterocycles. The Labute approximate surface area is 218 Å². The predicted octanol–water partition coefficient (Wildman–Crippen LogP) is 1.66. The number of nitrogens with one attached hydrogen (secondary N) is 1. The molecule has 0 saturated carbocycles. The first-order valence-corrected chi connectivity index (χ1v) is 11.7. The van der Waals surface area contributed by atoms with Crippen LogP contribution in [0.5, 0.6) is 5.75 Å². The van der Waals surface area contributed by atoms with Gasteiger partial charge in [-0.1, -0.05) is 30.3 Å². The number of amides is 1. The molecule has 0 unspecified atom stereocenters. The van der Waals surface area contributed by atoms with E-state index in [9.17, 15) is 24.0 Å². The van der Waals surface area contributed by atoms with Gasteiger partial charge in [0.15, 0.2) is 12.2 Å². The Balaban J connectivity index is 2.15. The summed E-state index contributed by atoms with van der Waals surface area (Å²) in [7, 11) is 1.22. The Morgan fingerprint density at radius 2 is 1.53 bits per heavy atom. The third-order valence-corrected chi connectivity index (χ3v) is 5.59. The van der Waals surface area contributed by atoms with E-state index in [1.807, 2.05) is 0 Å². The van der Waals surface area contributed by atoms with Crippen LogP contribution in [0.15, 0.2) is 36.4 Å². The number of ether oxygens (including phenoxy) is 6. The normalized spacial score (nSPS) is 22.6. The van der Waals surface area contributed by atoms with Gasteiger partial charge in [-0.25, -0.2) is 4.79 Å². The summed E-state index contributed by atoms with van der Waals surface area (Å²) in [6.07, 6.45) is -5.15. The third-order valence-electron chi connectivity index (χ3n) is 5.59. The molecule has 0 aliphatic carbocycles. The van der Waals surface area contributed by atoms with Crippen molar-refractivity contribution in [1.82, 2.24) is 5.32 Å². The Kier molecular flexibility index (Phi) is 9.24. The largest absolute Gasteiger partial charge is 0.465 e. The number of hydrogen-bond acceptors (Lipinski definition) is 11. The molecule has 0 bridgehead atoms. The Bertz CT molecular complexity index is 1230. The van der Waals surface area contributed by atoms with Crippen LogP contribution in [0.25, 0.3) is 10.8 Å². The minimum atomic E-state index is -1.40. The summed E-state index contributed by atoms with van der Waals surface area (Å²) >= 11 is 0. The number of benzene rings is 2. The van der Waals surface area contributed by atoms with Gasteiger partial charge in [0.1, 0.15) is 30.1 Å². The molecule has 1 heterocycles. The maximum atomic E-state index is 12.6. The van der Waals surface area contributed by atoms with E-state index in [0.717, 1.165) is 19.2 Å². The molecule has 0 spiro atoms. The quantitative estimate of drug-likeness (QED) is 0.391. The highest BCUT2D eigenvalue weighted by Crippen LogP contribution is 2.35. The van der Waals surface area contributed by atoms with Gasteiger partial charge >= 0.3 is 23.9 Å². The van der Waals surface area contributed by atoms with Crippen LogP contribution in [0.2, 0.25) is 0 Å². The standard InChI is InChI=1S/C26H29NO11/c1-13(28)27-21-24(36-16(4)31)23(35-15(3)30)20(12-34-14(2)29)37-26(21)38-22-18-9-7-6-8-17(18)10-11-19(22)25(32)33-5/h6-11,20-21,23-24,26H,12H2,1-5H3,(H,27,28)/t20-,21+,23+,24+,26+/m1/s1. The molecule has 0 radical (unpaired) electrons. The van der Waals surface area contributed by atoms with E-state index in [-0.39, 0.29) is 11.3 Å². The number of carbonyl (C=O) groups excluding carboxylic acids is 5. The Hall–Kier alpha value is -4.19. The van der Waals surface area contributed by atoms with Crippen LogP contribution in [0.3, 0.4) is 0 Å². The maximum Gasteiger partial charge on any atom is 0.341 e. The minimum Gasteiger partial charge on any atom is -0.465 e. The molecular weight excluding hydrogens is 502 g/mol. The molecule has 1 saturated heterocycles. The van der Waals surface area contributed by atoms with Gasteiger partial charge in [0.05, 0.1) is 7.11 Å². The maximum absolute atomic E-state index is 12.6. The van der Waals surface area contributed by atoms with Gasteiger partial charge in [-0.3, -0.25) is 19.2 Å². The number of methoxy groups -OCH3 is 1. The lowest BCUT2D eigenvalue weighted by atomic mass is 9.95. The van der Waals surface area contributed by atoms with Crippen LogP contribution in [-0.2, 0) is 42.9 Å². The number of carbonyl (C=O) groups is 5. The van der Waals surface area contributed by atoms with Crippen molar-refractivity contribution >= 4 is 40.6 Å². The van der Waals surface area contributed by atoms with Gasteiger partial charge in [0.2, 0.25) is 12.2 Å². The zero-order valence-electron chi connectivity index (χ0n) is 21.5. The fourth-order valence-electron chi connectivity index (χ4n) is 4.15. The molecule has 38 heavy (non-hydrogen) atoms. The zero-order chi connectivity index (χ0) is 28.0. The third kappa shape index (κ3) is 6.76. The van der Waals surface area contributed by atoms with Gasteiger partial charge in [-0.15, -0.1) is 0 Å². The lowest BCUT2D eigenvalue weighted by molar-refractivity contribution is -0.257. The van der Waals surface area contributed by atoms with Crippen LogP contribution >= 0.6 is 0 Å². The predicted molar refractivity (Wildman–Crippen MR) is 130 cm³/mol. The number of esters is 4. The monoisotopic (exact) mass is 531 g/mol. The van der Waals surface area contributed by atoms with Crippen molar-refractivity contribution in [2.75, 3.05) is 13.7 Å². The fourth-order valence-corrected chi connectivity index (χ4v) is 4.15. The van der Waals surface area contributed by atoms with Crippen molar-refractivity contribution in [3.63, 3.8) is 0 Å². The molecule has 204 valence electrons. The van der Waals surface area contributed by atoms with Gasteiger partial charge in [-0.2, -0.15) is 0 Å². The van der Waals surface area contributed by atoms with E-state index in [1.54, 1.807) is 30.3 Å². The van der Waals surface area contributed by atoms with Crippen LogP contribution in [-0.4, -0.2) is 74.1 Å². The molecule has 1 fully saturated rings. The summed E-state index contributed by atoms with van der Waals surface area (Å²) < 4.78 is 33.2. The number of fused-ring (bicyclic) bond motifs is 1. The van der Waals surface area contributed by atoms with E-state index in [2.05, 4.69) is 5.32 Å². The van der Waals surface area contributed by atoms with Crippen LogP contribution in [0, 0.1) is 0 Å². The smallest absolute Gasteiger partial charge is 0.341 e. The minimum absolute atomic E-state index is 0.0686. The van der Waals surface area contributed by atoms with Gasteiger partial charge < -0.3 is 33.7 Å². The van der Waals surface area contributed by atoms with Crippen molar-refractivity contribution in [2.24, 2.45) is 0 Å². The first-order chi connectivity index (χ1) is 18.0. The molecule has 5 atom stereocenters. The molecule has 12 nitrogen and oxygen atoms in total. The van der Waals surface area contributed by atoms with E-state index < -0.39 is 67.0 Å². The second kappa shape index (κ2) is 12.4. The second-order valence-corrected chi connectivity index (χ2v) is 8.49. The number of rotatable bonds is 8. The van der Waals surface area contributed by atoms with Gasteiger partial charge in [0, 0.05) is 33.1 Å². The van der Waals surface area contributed by atoms with E-state index >= 15 is 0 Å². The van der Waals surface area contributed by atoms with E-state index in [4.69, 9.17) is 28.4 Å². The fraction of sp³-hybridized carbons (Fsp3) is 0.423. The highest BCUT2D eigenvalue weighted by atomic mass is 16.7. The van der Waals surface area contributed by atoms with Crippen molar-refractivity contribution in [3.8, 4) is 5.75 Å². The first kappa shape index (κ1) is 28.4. The molecule has 1 N–H and O–H groups in total. The molecule has 2 aromatic carbocycles. The van der Waals surface area contributed by atoms with Gasteiger partial charge in [0.25, 0.3) is 0 Å². The summed E-state index contributed by atoms with van der Waals surface area (Å²) in [5.41, 5.74) is 0.0686. The summed E-state index contributed by atoms with van der Waals surface area (Å²) in [6.45, 7) is 4.30. The van der Waals surface area contributed by atoms with Crippen LogP contribution in [0.1, 0.15) is 38.1 Å². The van der Waals surface area contributed by atoms with Crippen LogP contribution in [0.4, 0.5) is 0 Å². The Morgan fingerprint density at radius 3 is 2.13 bits per heavy atom. The summed E-state index contributed by atoms with van der Waals surface area (Å²) in [4.78, 5) is 60.3. The topological polar surface area (TPSA) is 153 Å². The Morgan fingerprint density at radius 1 is 0.868 bits per heavy atom. The average Bonchev–Trinajstić information content (AvgIpc) is 2.85. The molecule has 3 rings (SSSR count). The highest BCUT2D eigenvalue weighted by Gasteiger charge is 2.52. The SMILES string of the molecule is COC(=O)c1ccc2ccccc2c1O[C@@H]1O[C@H](COC(C)=O)[C@H](OC(C)=O)[C@@H](OC(C)=O)[C@@H]1NC(C)=O. The molecule has 1 amide bonds. The average molecular weight is 532 g/mol.